The highest BCUT2D eigenvalue weighted by molar-refractivity contribution is 5.41. The lowest BCUT2D eigenvalue weighted by atomic mass is 10.2. The highest BCUT2D eigenvalue weighted by atomic mass is 14.9. The molecule has 0 N–H and O–H groups in total. The van der Waals surface area contributed by atoms with Crippen LogP contribution in [0.2, 0.25) is 0 Å². The summed E-state index contributed by atoms with van der Waals surface area (Å²) in [6.07, 6.45) is 10.6. The molecular formula is C14H16N+. The summed E-state index contributed by atoms with van der Waals surface area (Å²) in [7, 11) is 1.96. The first-order valence-electron chi connectivity index (χ1n) is 5.23. The van der Waals surface area contributed by atoms with Crippen LogP contribution in [-0.2, 0) is 7.05 Å². The quantitative estimate of drug-likeness (QED) is 0.389. The van der Waals surface area contributed by atoms with E-state index in [1.807, 2.05) is 29.9 Å². The lowest BCUT2D eigenvalue weighted by molar-refractivity contribution is -0.674. The van der Waals surface area contributed by atoms with Crippen molar-refractivity contribution in [3.8, 4) is 24.2 Å². The van der Waals surface area contributed by atoms with Crippen molar-refractivity contribution in [2.24, 2.45) is 7.05 Å². The SMILES string of the molecule is C#Cc1ccc[n+](C)c1C#CCCCC. The van der Waals surface area contributed by atoms with Crippen LogP contribution in [0.3, 0.4) is 0 Å². The minimum atomic E-state index is 0.865. The summed E-state index contributed by atoms with van der Waals surface area (Å²) in [5.41, 5.74) is 1.79. The molecule has 1 aromatic heterocycles. The standard InChI is InChI=1S/C14H16N/c1-4-6-7-8-11-14-13(5-2)10-9-12-15(14)3/h2,9-10,12H,4,6-7H2,1,3H3/q+1. The Bertz CT molecular complexity index is 427. The van der Waals surface area contributed by atoms with Crippen LogP contribution < -0.4 is 4.57 Å². The Morgan fingerprint density at radius 2 is 2.27 bits per heavy atom. The van der Waals surface area contributed by atoms with Gasteiger partial charge >= 0.3 is 0 Å². The summed E-state index contributed by atoms with van der Waals surface area (Å²) in [6.45, 7) is 2.16. The van der Waals surface area contributed by atoms with Gasteiger partial charge in [0.05, 0.1) is 0 Å². The summed E-state index contributed by atoms with van der Waals surface area (Å²) in [5.74, 6) is 8.94. The van der Waals surface area contributed by atoms with Gasteiger partial charge in [-0.2, -0.15) is 4.57 Å². The van der Waals surface area contributed by atoms with E-state index >= 15 is 0 Å². The third-order valence-corrected chi connectivity index (χ3v) is 2.20. The van der Waals surface area contributed by atoms with Crippen LogP contribution in [0.5, 0.6) is 0 Å². The van der Waals surface area contributed by atoms with Gasteiger partial charge in [0.25, 0.3) is 5.69 Å². The molecular weight excluding hydrogens is 182 g/mol. The first-order chi connectivity index (χ1) is 7.29. The van der Waals surface area contributed by atoms with Crippen molar-refractivity contribution in [2.75, 3.05) is 0 Å². The third-order valence-electron chi connectivity index (χ3n) is 2.20. The fourth-order valence-corrected chi connectivity index (χ4v) is 1.30. The van der Waals surface area contributed by atoms with Crippen LogP contribution in [0.15, 0.2) is 18.3 Å². The van der Waals surface area contributed by atoms with Gasteiger partial charge in [0.1, 0.15) is 12.6 Å². The van der Waals surface area contributed by atoms with Crippen LogP contribution in [-0.4, -0.2) is 0 Å². The first-order valence-corrected chi connectivity index (χ1v) is 5.23. The maximum atomic E-state index is 5.42. The second kappa shape index (κ2) is 5.89. The molecule has 1 rings (SSSR count). The molecule has 0 saturated heterocycles. The molecule has 0 amide bonds. The second-order valence-electron chi connectivity index (χ2n) is 3.43. The Labute approximate surface area is 92.1 Å². The van der Waals surface area contributed by atoms with Crippen molar-refractivity contribution in [3.05, 3.63) is 29.6 Å². The minimum Gasteiger partial charge on any atom is -0.193 e. The van der Waals surface area contributed by atoms with Crippen molar-refractivity contribution in [1.82, 2.24) is 0 Å². The van der Waals surface area contributed by atoms with Crippen LogP contribution in [0.25, 0.3) is 0 Å². The van der Waals surface area contributed by atoms with Crippen molar-refractivity contribution in [2.45, 2.75) is 26.2 Å². The van der Waals surface area contributed by atoms with E-state index in [1.54, 1.807) is 0 Å². The van der Waals surface area contributed by atoms with Crippen molar-refractivity contribution >= 4 is 0 Å². The number of unbranched alkanes of at least 4 members (excludes halogenated alkanes) is 2. The number of hydrogen-bond donors (Lipinski definition) is 0. The van der Waals surface area contributed by atoms with Crippen LogP contribution >= 0.6 is 0 Å². The number of aryl methyl sites for hydroxylation is 1. The number of aromatic nitrogens is 1. The summed E-state index contributed by atoms with van der Waals surface area (Å²) >= 11 is 0. The zero-order valence-electron chi connectivity index (χ0n) is 9.38. The average molecular weight is 198 g/mol. The largest absolute Gasteiger partial charge is 0.272 e. The number of pyridine rings is 1. The highest BCUT2D eigenvalue weighted by Crippen LogP contribution is 2.00. The van der Waals surface area contributed by atoms with Crippen molar-refractivity contribution in [1.29, 1.82) is 0 Å². The molecule has 1 heterocycles. The van der Waals surface area contributed by atoms with E-state index in [2.05, 4.69) is 24.7 Å². The number of hydrogen-bond acceptors (Lipinski definition) is 0. The van der Waals surface area contributed by atoms with Crippen molar-refractivity contribution in [3.63, 3.8) is 0 Å². The normalized spacial score (nSPS) is 8.87. The van der Waals surface area contributed by atoms with Gasteiger partial charge in [0.2, 0.25) is 0 Å². The molecule has 0 aromatic carbocycles. The second-order valence-corrected chi connectivity index (χ2v) is 3.43. The molecule has 0 unspecified atom stereocenters. The molecule has 0 saturated carbocycles. The van der Waals surface area contributed by atoms with Gasteiger partial charge in [-0.1, -0.05) is 25.2 Å². The lowest BCUT2D eigenvalue weighted by Crippen LogP contribution is -2.32. The van der Waals surface area contributed by atoms with Crippen molar-refractivity contribution < 1.29 is 4.57 Å². The Morgan fingerprint density at radius 3 is 2.93 bits per heavy atom. The molecule has 1 nitrogen and oxygen atoms in total. The molecule has 0 fully saturated rings. The van der Waals surface area contributed by atoms with Gasteiger partial charge in [-0.3, -0.25) is 0 Å². The smallest absolute Gasteiger partial charge is 0.193 e. The number of nitrogens with zero attached hydrogens (tertiary/aromatic N) is 1. The maximum absolute atomic E-state index is 5.42. The summed E-state index contributed by atoms with van der Waals surface area (Å²) in [6, 6.07) is 3.86. The van der Waals surface area contributed by atoms with Crippen LogP contribution in [0.4, 0.5) is 0 Å². The number of rotatable bonds is 2. The van der Waals surface area contributed by atoms with Gasteiger partial charge in [0.15, 0.2) is 6.20 Å². The molecule has 1 aromatic rings. The Morgan fingerprint density at radius 1 is 1.47 bits per heavy atom. The van der Waals surface area contributed by atoms with E-state index in [0.29, 0.717) is 0 Å². The molecule has 0 bridgehead atoms. The Balaban J connectivity index is 2.92. The number of terminal acetylenes is 1. The van der Waals surface area contributed by atoms with Crippen LogP contribution in [0.1, 0.15) is 37.4 Å². The van der Waals surface area contributed by atoms with Gasteiger partial charge < -0.3 is 0 Å². The Hall–Kier alpha value is -1.73. The van der Waals surface area contributed by atoms with E-state index < -0.39 is 0 Å². The molecule has 0 spiro atoms. The summed E-state index contributed by atoms with van der Waals surface area (Å²) < 4.78 is 1.97. The Kier molecular flexibility index (Phi) is 4.45. The molecule has 0 aliphatic rings. The maximum Gasteiger partial charge on any atom is 0.272 e. The predicted molar refractivity (Wildman–Crippen MR) is 62.0 cm³/mol. The topological polar surface area (TPSA) is 3.88 Å². The van der Waals surface area contributed by atoms with E-state index in [0.717, 1.165) is 24.1 Å². The molecule has 0 aliphatic carbocycles. The fraction of sp³-hybridized carbons (Fsp3) is 0.357. The zero-order chi connectivity index (χ0) is 11.1. The molecule has 0 aliphatic heterocycles. The predicted octanol–water partition coefficient (Wildman–Crippen LogP) is 2.03. The van der Waals surface area contributed by atoms with Gasteiger partial charge in [-0.05, 0) is 12.5 Å². The van der Waals surface area contributed by atoms with E-state index in [-0.39, 0.29) is 0 Å². The summed E-state index contributed by atoms with van der Waals surface area (Å²) in [4.78, 5) is 0. The molecule has 0 radical (unpaired) electrons. The van der Waals surface area contributed by atoms with E-state index in [9.17, 15) is 0 Å². The monoisotopic (exact) mass is 198 g/mol. The average Bonchev–Trinajstić information content (AvgIpc) is 2.26. The summed E-state index contributed by atoms with van der Waals surface area (Å²) in [5, 5.41) is 0. The van der Waals surface area contributed by atoms with E-state index in [1.165, 1.54) is 6.42 Å². The molecule has 76 valence electrons. The molecule has 0 atom stereocenters. The third kappa shape index (κ3) is 3.15. The van der Waals surface area contributed by atoms with Gasteiger partial charge in [-0.25, -0.2) is 0 Å². The van der Waals surface area contributed by atoms with Gasteiger partial charge in [0, 0.05) is 18.4 Å². The first kappa shape index (κ1) is 11.3. The lowest BCUT2D eigenvalue weighted by Gasteiger charge is -1.94. The van der Waals surface area contributed by atoms with Gasteiger partial charge in [-0.15, -0.1) is 6.42 Å². The fourth-order valence-electron chi connectivity index (χ4n) is 1.30. The highest BCUT2D eigenvalue weighted by Gasteiger charge is 2.07. The van der Waals surface area contributed by atoms with Crippen LogP contribution in [0, 0.1) is 24.2 Å². The zero-order valence-corrected chi connectivity index (χ0v) is 9.38. The molecule has 15 heavy (non-hydrogen) atoms. The van der Waals surface area contributed by atoms with E-state index in [4.69, 9.17) is 6.42 Å². The molecule has 1 heteroatoms. The minimum absolute atomic E-state index is 0.865.